The second-order valence-electron chi connectivity index (χ2n) is 6.30. The molecule has 0 saturated carbocycles. The van der Waals surface area contributed by atoms with Gasteiger partial charge in [0.2, 0.25) is 0 Å². The number of hydrogen-bond acceptors (Lipinski definition) is 3. The molecule has 1 heterocycles. The third kappa shape index (κ3) is 5.32. The Hall–Kier alpha value is -0.350. The quantitative estimate of drug-likeness (QED) is 0.371. The second-order valence-corrected chi connectivity index (χ2v) is 9.96. The van der Waals surface area contributed by atoms with E-state index in [-0.39, 0.29) is 29.7 Å². The molecular weight excluding hydrogens is 505 g/mol. The van der Waals surface area contributed by atoms with Crippen LogP contribution in [0.4, 0.5) is 0 Å². The van der Waals surface area contributed by atoms with Crippen LogP contribution in [-0.4, -0.2) is 49.4 Å². The number of nitrogens with one attached hydrogen (secondary N) is 1. The van der Waals surface area contributed by atoms with Gasteiger partial charge in [-0.2, -0.15) is 0 Å². The van der Waals surface area contributed by atoms with E-state index >= 15 is 0 Å². The van der Waals surface area contributed by atoms with Gasteiger partial charge in [-0.15, -0.1) is 24.0 Å². The van der Waals surface area contributed by atoms with Gasteiger partial charge in [0.05, 0.1) is 17.0 Å². The van der Waals surface area contributed by atoms with E-state index in [0.717, 1.165) is 22.5 Å². The minimum absolute atomic E-state index is 0. The van der Waals surface area contributed by atoms with Crippen molar-refractivity contribution >= 4 is 55.7 Å². The molecule has 1 aromatic rings. The molecule has 1 aliphatic heterocycles. The highest BCUT2D eigenvalue weighted by Crippen LogP contribution is 2.23. The Morgan fingerprint density at radius 3 is 2.50 bits per heavy atom. The molecule has 1 N–H and O–H groups in total. The molecule has 1 saturated heterocycles. The van der Waals surface area contributed by atoms with Crippen LogP contribution in [0.5, 0.6) is 0 Å². The third-order valence-electron chi connectivity index (χ3n) is 4.00. The Bertz CT molecular complexity index is 675. The predicted molar refractivity (Wildman–Crippen MR) is 114 cm³/mol. The lowest BCUT2D eigenvalue weighted by Crippen LogP contribution is -2.57. The molecule has 8 heteroatoms. The zero-order valence-corrected chi connectivity index (χ0v) is 19.0. The van der Waals surface area contributed by atoms with Crippen LogP contribution in [-0.2, 0) is 16.4 Å². The Morgan fingerprint density at radius 1 is 1.33 bits per heavy atom. The molecule has 0 radical (unpaired) electrons. The lowest BCUT2D eigenvalue weighted by atomic mass is 10.2. The van der Waals surface area contributed by atoms with Crippen LogP contribution in [0.25, 0.3) is 0 Å². The van der Waals surface area contributed by atoms with Crippen molar-refractivity contribution < 1.29 is 8.42 Å². The van der Waals surface area contributed by atoms with Crippen molar-refractivity contribution in [1.29, 1.82) is 0 Å². The van der Waals surface area contributed by atoms with Gasteiger partial charge in [0.25, 0.3) is 0 Å². The molecule has 24 heavy (non-hydrogen) atoms. The first-order valence-corrected chi connectivity index (χ1v) is 10.2. The van der Waals surface area contributed by atoms with Crippen LogP contribution in [0.1, 0.15) is 26.3 Å². The number of rotatable bonds is 3. The number of guanidine groups is 1. The summed E-state index contributed by atoms with van der Waals surface area (Å²) in [6.07, 6.45) is 0. The Kier molecular flexibility index (Phi) is 7.99. The van der Waals surface area contributed by atoms with Gasteiger partial charge in [0, 0.05) is 24.1 Å². The summed E-state index contributed by atoms with van der Waals surface area (Å²) in [4.78, 5) is 6.72. The van der Waals surface area contributed by atoms with E-state index in [4.69, 9.17) is 0 Å². The lowest BCUT2D eigenvalue weighted by molar-refractivity contribution is 0.353. The molecule has 1 fully saturated rings. The second kappa shape index (κ2) is 8.84. The Labute approximate surface area is 170 Å². The van der Waals surface area contributed by atoms with E-state index in [9.17, 15) is 8.42 Å². The van der Waals surface area contributed by atoms with Crippen LogP contribution in [0, 0.1) is 0 Å². The summed E-state index contributed by atoms with van der Waals surface area (Å²) in [5.41, 5.74) is 1.12. The molecule has 0 amide bonds. The van der Waals surface area contributed by atoms with Crippen molar-refractivity contribution in [1.82, 2.24) is 10.2 Å². The minimum Gasteiger partial charge on any atom is -0.357 e. The summed E-state index contributed by atoms with van der Waals surface area (Å²) < 4.78 is 24.6. The summed E-state index contributed by atoms with van der Waals surface area (Å²) >= 11 is 3.42. The van der Waals surface area contributed by atoms with E-state index < -0.39 is 14.6 Å². The number of halogens is 2. The fraction of sp³-hybridized carbons (Fsp3) is 0.562. The van der Waals surface area contributed by atoms with Gasteiger partial charge >= 0.3 is 0 Å². The van der Waals surface area contributed by atoms with Gasteiger partial charge in [0.1, 0.15) is 0 Å². The molecule has 0 bridgehead atoms. The summed E-state index contributed by atoms with van der Waals surface area (Å²) in [6, 6.07) is 8.05. The van der Waals surface area contributed by atoms with E-state index in [1.807, 2.05) is 36.1 Å². The Morgan fingerprint density at radius 2 is 1.96 bits per heavy atom. The average molecular weight is 530 g/mol. The highest BCUT2D eigenvalue weighted by molar-refractivity contribution is 14.0. The number of sulfone groups is 1. The Balaban J connectivity index is 0.00000288. The lowest BCUT2D eigenvalue weighted by Gasteiger charge is -2.39. The molecule has 1 aromatic carbocycles. The fourth-order valence-electron chi connectivity index (χ4n) is 2.51. The zero-order valence-electron chi connectivity index (χ0n) is 14.3. The van der Waals surface area contributed by atoms with Crippen molar-refractivity contribution in [3.8, 4) is 0 Å². The number of benzene rings is 1. The predicted octanol–water partition coefficient (Wildman–Crippen LogP) is 3.04. The highest BCUT2D eigenvalue weighted by Gasteiger charge is 2.40. The van der Waals surface area contributed by atoms with E-state index in [0.29, 0.717) is 19.6 Å². The molecule has 0 aromatic heterocycles. The van der Waals surface area contributed by atoms with Crippen molar-refractivity contribution in [2.24, 2.45) is 4.99 Å². The molecule has 2 rings (SSSR count). The largest absolute Gasteiger partial charge is 0.357 e. The van der Waals surface area contributed by atoms with E-state index in [2.05, 4.69) is 26.2 Å². The maximum absolute atomic E-state index is 12.1. The molecule has 0 aliphatic carbocycles. The van der Waals surface area contributed by atoms with Crippen LogP contribution in [0.15, 0.2) is 33.7 Å². The first kappa shape index (κ1) is 21.7. The molecule has 136 valence electrons. The van der Waals surface area contributed by atoms with Gasteiger partial charge in [-0.25, -0.2) is 13.4 Å². The summed E-state index contributed by atoms with van der Waals surface area (Å²) in [5, 5.41) is 3.27. The van der Waals surface area contributed by atoms with Gasteiger partial charge in [0.15, 0.2) is 15.8 Å². The third-order valence-corrected chi connectivity index (χ3v) is 7.06. The van der Waals surface area contributed by atoms with Crippen molar-refractivity contribution in [3.05, 3.63) is 34.3 Å². The molecule has 1 aliphatic rings. The molecular formula is C16H25BrIN3O2S. The minimum atomic E-state index is -3.04. The average Bonchev–Trinajstić information content (AvgIpc) is 2.48. The smallest absolute Gasteiger partial charge is 0.194 e. The van der Waals surface area contributed by atoms with Crippen molar-refractivity contribution in [2.75, 3.05) is 25.4 Å². The van der Waals surface area contributed by atoms with Crippen molar-refractivity contribution in [2.45, 2.75) is 32.1 Å². The topological polar surface area (TPSA) is 61.8 Å². The first-order valence-electron chi connectivity index (χ1n) is 7.75. The van der Waals surface area contributed by atoms with Crippen LogP contribution in [0.2, 0.25) is 0 Å². The molecule has 0 unspecified atom stereocenters. The van der Waals surface area contributed by atoms with Gasteiger partial charge in [-0.05, 0) is 38.5 Å². The summed E-state index contributed by atoms with van der Waals surface area (Å²) in [6.45, 7) is 7.85. The summed E-state index contributed by atoms with van der Waals surface area (Å²) in [7, 11) is -3.04. The number of aliphatic imine (C=N–C) groups is 1. The SMILES string of the molecule is CCNC(=NCc1ccc(Br)cc1)N1CCS(=O)(=O)C(C)(C)C1.I. The van der Waals surface area contributed by atoms with Gasteiger partial charge in [-0.1, -0.05) is 28.1 Å². The van der Waals surface area contributed by atoms with Crippen LogP contribution < -0.4 is 5.32 Å². The standard InChI is InChI=1S/C16H24BrN3O2S.HI/c1-4-18-15(19-11-13-5-7-14(17)8-6-13)20-9-10-23(21,22)16(2,3)12-20;/h5-8H,4,9-12H2,1-3H3,(H,18,19);1H. The van der Waals surface area contributed by atoms with Gasteiger partial charge in [-0.3, -0.25) is 0 Å². The molecule has 5 nitrogen and oxygen atoms in total. The number of hydrogen-bond donors (Lipinski definition) is 1. The summed E-state index contributed by atoms with van der Waals surface area (Å²) in [5.74, 6) is 0.946. The number of nitrogens with zero attached hydrogens (tertiary/aromatic N) is 2. The first-order chi connectivity index (χ1) is 10.7. The zero-order chi connectivity index (χ0) is 17.1. The van der Waals surface area contributed by atoms with Crippen molar-refractivity contribution in [3.63, 3.8) is 0 Å². The van der Waals surface area contributed by atoms with Crippen LogP contribution in [0.3, 0.4) is 0 Å². The van der Waals surface area contributed by atoms with Crippen LogP contribution >= 0.6 is 39.9 Å². The maximum Gasteiger partial charge on any atom is 0.194 e. The molecule has 0 spiro atoms. The fourth-order valence-corrected chi connectivity index (χ4v) is 4.14. The van der Waals surface area contributed by atoms with E-state index in [1.165, 1.54) is 0 Å². The normalized spacial score (nSPS) is 19.5. The monoisotopic (exact) mass is 529 g/mol. The molecule has 0 atom stereocenters. The van der Waals surface area contributed by atoms with Gasteiger partial charge < -0.3 is 10.2 Å². The maximum atomic E-state index is 12.1. The van der Waals surface area contributed by atoms with E-state index in [1.54, 1.807) is 13.8 Å². The highest BCUT2D eigenvalue weighted by atomic mass is 127.